The lowest BCUT2D eigenvalue weighted by molar-refractivity contribution is -0.157. The molecule has 2 aromatic rings. The molecule has 0 amide bonds. The van der Waals surface area contributed by atoms with Crippen molar-refractivity contribution in [1.29, 1.82) is 0 Å². The SMILES string of the molecule is CCCCCCCCCCCCCC(=O)OCC(COC(=O)CCCCCCCCCCCCC)OCn1cnc2c(NC)nc(Cl)nc21. The number of fused-ring (bicyclic) bond motifs is 1. The van der Waals surface area contributed by atoms with E-state index in [1.54, 1.807) is 17.9 Å². The lowest BCUT2D eigenvalue weighted by atomic mass is 10.1. The smallest absolute Gasteiger partial charge is 0.305 e. The zero-order valence-corrected chi connectivity index (χ0v) is 31.7. The van der Waals surface area contributed by atoms with Crippen LogP contribution in [0.15, 0.2) is 6.33 Å². The molecule has 0 aliphatic carbocycles. The van der Waals surface area contributed by atoms with E-state index in [-0.39, 0.29) is 37.2 Å². The minimum Gasteiger partial charge on any atom is -0.463 e. The normalized spacial score (nSPS) is 11.4. The van der Waals surface area contributed by atoms with Gasteiger partial charge in [0.1, 0.15) is 26.0 Å². The molecule has 10 nitrogen and oxygen atoms in total. The van der Waals surface area contributed by atoms with E-state index < -0.39 is 6.10 Å². The van der Waals surface area contributed by atoms with Gasteiger partial charge in [0.2, 0.25) is 5.28 Å². The van der Waals surface area contributed by atoms with Crippen LogP contribution in [0.2, 0.25) is 5.28 Å². The second kappa shape index (κ2) is 28.3. The van der Waals surface area contributed by atoms with Gasteiger partial charge in [-0.05, 0) is 24.4 Å². The Morgan fingerprint density at radius 2 is 1.12 bits per heavy atom. The van der Waals surface area contributed by atoms with Gasteiger partial charge < -0.3 is 19.5 Å². The van der Waals surface area contributed by atoms with Crippen molar-refractivity contribution >= 4 is 40.5 Å². The van der Waals surface area contributed by atoms with Gasteiger partial charge in [0.15, 0.2) is 17.0 Å². The number of esters is 2. The highest BCUT2D eigenvalue weighted by Gasteiger charge is 2.18. The van der Waals surface area contributed by atoms with Gasteiger partial charge in [-0.25, -0.2) is 4.98 Å². The molecule has 0 fully saturated rings. The Kier molecular flexibility index (Phi) is 24.6. The van der Waals surface area contributed by atoms with Gasteiger partial charge in [-0.2, -0.15) is 9.97 Å². The average molecular weight is 708 g/mol. The largest absolute Gasteiger partial charge is 0.463 e. The lowest BCUT2D eigenvalue weighted by Crippen LogP contribution is -2.29. The Labute approximate surface area is 301 Å². The van der Waals surface area contributed by atoms with E-state index in [4.69, 9.17) is 25.8 Å². The van der Waals surface area contributed by atoms with Gasteiger partial charge in [-0.15, -0.1) is 0 Å². The first-order valence-electron chi connectivity index (χ1n) is 19.5. The van der Waals surface area contributed by atoms with Crippen LogP contribution >= 0.6 is 11.6 Å². The molecule has 0 atom stereocenters. The van der Waals surface area contributed by atoms with Gasteiger partial charge in [0, 0.05) is 19.9 Å². The fourth-order valence-corrected chi connectivity index (χ4v) is 6.06. The Hall–Kier alpha value is -2.46. The van der Waals surface area contributed by atoms with Crippen LogP contribution in [0, 0.1) is 0 Å². The van der Waals surface area contributed by atoms with Crippen LogP contribution in [0.4, 0.5) is 5.82 Å². The van der Waals surface area contributed by atoms with E-state index in [1.807, 2.05) is 0 Å². The first kappa shape index (κ1) is 42.7. The number of carbonyl (C=O) groups is 2. The topological polar surface area (TPSA) is 117 Å². The van der Waals surface area contributed by atoms with Crippen molar-refractivity contribution in [3.05, 3.63) is 11.6 Å². The first-order chi connectivity index (χ1) is 24.0. The second-order valence-electron chi connectivity index (χ2n) is 13.3. The quantitative estimate of drug-likeness (QED) is 0.0450. The van der Waals surface area contributed by atoms with Gasteiger partial charge in [-0.1, -0.05) is 142 Å². The number of imidazole rings is 1. The molecule has 0 aliphatic rings. The first-order valence-corrected chi connectivity index (χ1v) is 19.8. The van der Waals surface area contributed by atoms with E-state index in [1.165, 1.54) is 103 Å². The number of anilines is 1. The molecule has 0 saturated carbocycles. The summed E-state index contributed by atoms with van der Waals surface area (Å²) in [4.78, 5) is 37.9. The minimum absolute atomic E-state index is 0.00722. The number of rotatable bonds is 32. The summed E-state index contributed by atoms with van der Waals surface area (Å²) in [6.45, 7) is 4.54. The maximum absolute atomic E-state index is 12.6. The summed E-state index contributed by atoms with van der Waals surface area (Å²) in [5.41, 5.74) is 1.06. The van der Waals surface area contributed by atoms with Gasteiger partial charge in [0.05, 0.1) is 6.33 Å². The predicted octanol–water partition coefficient (Wildman–Crippen LogP) is 10.4. The van der Waals surface area contributed by atoms with E-state index in [0.717, 1.165) is 38.5 Å². The molecule has 0 unspecified atom stereocenters. The number of halogens is 1. The van der Waals surface area contributed by atoms with E-state index in [9.17, 15) is 9.59 Å². The number of nitrogens with zero attached hydrogens (tertiary/aromatic N) is 4. The number of aromatic nitrogens is 4. The second-order valence-corrected chi connectivity index (χ2v) is 13.7. The van der Waals surface area contributed by atoms with Gasteiger partial charge in [-0.3, -0.25) is 14.2 Å². The molecule has 0 bridgehead atoms. The molecule has 0 aliphatic heterocycles. The van der Waals surface area contributed by atoms with E-state index in [2.05, 4.69) is 34.1 Å². The Morgan fingerprint density at radius 1 is 0.694 bits per heavy atom. The summed E-state index contributed by atoms with van der Waals surface area (Å²) in [7, 11) is 1.74. The molecule has 2 heterocycles. The van der Waals surface area contributed by atoms with Crippen molar-refractivity contribution in [3.63, 3.8) is 0 Å². The van der Waals surface area contributed by atoms with Crippen LogP contribution in [0.3, 0.4) is 0 Å². The Bertz CT molecular complexity index is 1110. The molecule has 280 valence electrons. The Balaban J connectivity index is 1.73. The number of hydrogen-bond acceptors (Lipinski definition) is 9. The predicted molar refractivity (Wildman–Crippen MR) is 199 cm³/mol. The summed E-state index contributed by atoms with van der Waals surface area (Å²) in [6.07, 6.45) is 28.6. The van der Waals surface area contributed by atoms with Crippen molar-refractivity contribution in [2.24, 2.45) is 0 Å². The highest BCUT2D eigenvalue weighted by atomic mass is 35.5. The van der Waals surface area contributed by atoms with Gasteiger partial charge in [0.25, 0.3) is 0 Å². The molecular formula is C38H66ClN5O5. The van der Waals surface area contributed by atoms with Crippen LogP contribution in [-0.4, -0.2) is 57.8 Å². The van der Waals surface area contributed by atoms with Crippen molar-refractivity contribution in [2.75, 3.05) is 25.6 Å². The molecule has 0 radical (unpaired) electrons. The zero-order valence-electron chi connectivity index (χ0n) is 31.0. The summed E-state index contributed by atoms with van der Waals surface area (Å²) in [6, 6.07) is 0. The van der Waals surface area contributed by atoms with Crippen molar-refractivity contribution in [1.82, 2.24) is 19.5 Å². The molecule has 2 rings (SSSR count). The average Bonchev–Trinajstić information content (AvgIpc) is 3.51. The summed E-state index contributed by atoms with van der Waals surface area (Å²) < 4.78 is 18.9. The van der Waals surface area contributed by atoms with E-state index in [0.29, 0.717) is 29.8 Å². The molecule has 49 heavy (non-hydrogen) atoms. The van der Waals surface area contributed by atoms with E-state index >= 15 is 0 Å². The number of unbranched alkanes of at least 4 members (excludes halogenated alkanes) is 20. The molecular weight excluding hydrogens is 642 g/mol. The molecule has 2 aromatic heterocycles. The van der Waals surface area contributed by atoms with Crippen molar-refractivity contribution in [2.45, 2.75) is 181 Å². The third-order valence-electron chi connectivity index (χ3n) is 8.95. The van der Waals surface area contributed by atoms with Gasteiger partial charge >= 0.3 is 11.9 Å². The maximum atomic E-state index is 12.6. The number of nitrogens with one attached hydrogen (secondary N) is 1. The maximum Gasteiger partial charge on any atom is 0.305 e. The van der Waals surface area contributed by atoms with Crippen LogP contribution in [0.25, 0.3) is 11.2 Å². The highest BCUT2D eigenvalue weighted by Crippen LogP contribution is 2.21. The third-order valence-corrected chi connectivity index (χ3v) is 9.12. The highest BCUT2D eigenvalue weighted by molar-refractivity contribution is 6.28. The van der Waals surface area contributed by atoms with Crippen LogP contribution < -0.4 is 5.32 Å². The van der Waals surface area contributed by atoms with Crippen LogP contribution in [-0.2, 0) is 30.5 Å². The summed E-state index contributed by atoms with van der Waals surface area (Å²) >= 11 is 6.11. The summed E-state index contributed by atoms with van der Waals surface area (Å²) in [5, 5.41) is 3.06. The monoisotopic (exact) mass is 707 g/mol. The summed E-state index contributed by atoms with van der Waals surface area (Å²) in [5.74, 6) is -0.0101. The number of hydrogen-bond donors (Lipinski definition) is 1. The standard InChI is InChI=1S/C38H66ClN5O5/c1-4-6-8-10-12-14-16-18-20-22-24-26-33(45)47-28-32(49-31-44-30-41-35-36(40-3)42-38(39)43-37(35)44)29-48-34(46)27-25-23-21-19-17-15-13-11-9-7-5-2/h30,32H,4-29,31H2,1-3H3,(H,40,42,43). The van der Waals surface area contributed by atoms with Crippen LogP contribution in [0.1, 0.15) is 168 Å². The molecule has 0 saturated heterocycles. The lowest BCUT2D eigenvalue weighted by Gasteiger charge is -2.18. The molecule has 0 spiro atoms. The number of ether oxygens (including phenoxy) is 3. The zero-order chi connectivity index (χ0) is 35.4. The molecule has 0 aromatic carbocycles. The molecule has 11 heteroatoms. The van der Waals surface area contributed by atoms with Crippen LogP contribution in [0.5, 0.6) is 0 Å². The number of carbonyl (C=O) groups excluding carboxylic acids is 2. The van der Waals surface area contributed by atoms with Crippen molar-refractivity contribution < 1.29 is 23.8 Å². The molecule has 1 N–H and O–H groups in total. The van der Waals surface area contributed by atoms with Crippen molar-refractivity contribution in [3.8, 4) is 0 Å². The third kappa shape index (κ3) is 20.1. The fourth-order valence-electron chi connectivity index (χ4n) is 5.90. The Morgan fingerprint density at radius 3 is 1.55 bits per heavy atom. The fraction of sp³-hybridized carbons (Fsp3) is 0.816. The minimum atomic E-state index is -0.638.